The molecule has 0 aliphatic carbocycles. The van der Waals surface area contributed by atoms with E-state index in [1.54, 1.807) is 20.8 Å². The van der Waals surface area contributed by atoms with Crippen LogP contribution in [0.25, 0.3) is 0 Å². The van der Waals surface area contributed by atoms with Crippen molar-refractivity contribution in [1.82, 2.24) is 4.90 Å². The summed E-state index contributed by atoms with van der Waals surface area (Å²) < 4.78 is 18.1. The van der Waals surface area contributed by atoms with Crippen molar-refractivity contribution < 1.29 is 13.9 Å². The SMILES string of the molecule is CC(C)(C)OC(=O)N1C[C@@H](F)CC1C#N. The molecule has 2 atom stereocenters. The molecule has 0 spiro atoms. The zero-order chi connectivity index (χ0) is 11.6. The third-order valence-corrected chi connectivity index (χ3v) is 2.03. The van der Waals surface area contributed by atoms with Crippen LogP contribution in [0.15, 0.2) is 0 Å². The fraction of sp³-hybridized carbons (Fsp3) is 0.800. The van der Waals surface area contributed by atoms with Crippen molar-refractivity contribution >= 4 is 6.09 Å². The smallest absolute Gasteiger partial charge is 0.411 e. The Labute approximate surface area is 88.6 Å². The Morgan fingerprint density at radius 1 is 1.60 bits per heavy atom. The number of carbonyl (C=O) groups is 1. The quantitative estimate of drug-likeness (QED) is 0.618. The highest BCUT2D eigenvalue weighted by Crippen LogP contribution is 2.22. The number of rotatable bonds is 0. The molecule has 4 nitrogen and oxygen atoms in total. The number of hydrogen-bond donors (Lipinski definition) is 0. The summed E-state index contributed by atoms with van der Waals surface area (Å²) in [5, 5.41) is 8.74. The number of nitrogens with zero attached hydrogens (tertiary/aromatic N) is 2. The molecule has 1 heterocycles. The number of hydrogen-bond acceptors (Lipinski definition) is 3. The standard InChI is InChI=1S/C10H15FN2O2/c1-10(2,3)15-9(14)13-6-7(11)4-8(13)5-12/h7-8H,4,6H2,1-3H3/t7-,8?/m0/s1. The minimum absolute atomic E-state index is 0.0485. The molecule has 0 bridgehead atoms. The van der Waals surface area contributed by atoms with Gasteiger partial charge in [-0.05, 0) is 20.8 Å². The van der Waals surface area contributed by atoms with Crippen molar-refractivity contribution in [3.8, 4) is 6.07 Å². The summed E-state index contributed by atoms with van der Waals surface area (Å²) in [7, 11) is 0. The number of amides is 1. The van der Waals surface area contributed by atoms with E-state index in [4.69, 9.17) is 10.00 Å². The second-order valence-electron chi connectivity index (χ2n) is 4.61. The molecule has 1 unspecified atom stereocenters. The molecule has 0 aromatic heterocycles. The Morgan fingerprint density at radius 2 is 2.20 bits per heavy atom. The van der Waals surface area contributed by atoms with Crippen LogP contribution in [-0.2, 0) is 4.74 Å². The first-order valence-electron chi connectivity index (χ1n) is 4.87. The first-order valence-corrected chi connectivity index (χ1v) is 4.87. The van der Waals surface area contributed by atoms with Crippen LogP contribution in [0.4, 0.5) is 9.18 Å². The zero-order valence-electron chi connectivity index (χ0n) is 9.16. The van der Waals surface area contributed by atoms with Crippen molar-refractivity contribution in [3.05, 3.63) is 0 Å². The Bertz CT molecular complexity index is 293. The second kappa shape index (κ2) is 4.05. The third-order valence-electron chi connectivity index (χ3n) is 2.03. The average Bonchev–Trinajstić information content (AvgIpc) is 2.43. The van der Waals surface area contributed by atoms with Crippen LogP contribution in [0.5, 0.6) is 0 Å². The van der Waals surface area contributed by atoms with E-state index in [1.807, 2.05) is 6.07 Å². The van der Waals surface area contributed by atoms with E-state index in [0.29, 0.717) is 0 Å². The molecule has 15 heavy (non-hydrogen) atoms. The van der Waals surface area contributed by atoms with Gasteiger partial charge in [0.25, 0.3) is 0 Å². The summed E-state index contributed by atoms with van der Waals surface area (Å²) in [6, 6.07) is 1.20. The molecule has 5 heteroatoms. The van der Waals surface area contributed by atoms with Crippen molar-refractivity contribution in [2.24, 2.45) is 0 Å². The molecule has 1 aliphatic heterocycles. The fourth-order valence-corrected chi connectivity index (χ4v) is 1.43. The van der Waals surface area contributed by atoms with Crippen LogP contribution in [0.2, 0.25) is 0 Å². The normalized spacial score (nSPS) is 26.2. The van der Waals surface area contributed by atoms with E-state index in [9.17, 15) is 9.18 Å². The number of alkyl halides is 1. The van der Waals surface area contributed by atoms with Gasteiger partial charge in [-0.25, -0.2) is 9.18 Å². The topological polar surface area (TPSA) is 53.3 Å². The largest absolute Gasteiger partial charge is 0.444 e. The van der Waals surface area contributed by atoms with Gasteiger partial charge in [0, 0.05) is 6.42 Å². The minimum atomic E-state index is -1.12. The summed E-state index contributed by atoms with van der Waals surface area (Å²) in [6.45, 7) is 5.15. The molecular weight excluding hydrogens is 199 g/mol. The summed E-state index contributed by atoms with van der Waals surface area (Å²) in [5.41, 5.74) is -0.620. The highest BCUT2D eigenvalue weighted by atomic mass is 19.1. The van der Waals surface area contributed by atoms with Gasteiger partial charge < -0.3 is 4.74 Å². The van der Waals surface area contributed by atoms with Gasteiger partial charge in [0.2, 0.25) is 0 Å². The first kappa shape index (κ1) is 11.8. The molecular formula is C10H15FN2O2. The van der Waals surface area contributed by atoms with Crippen molar-refractivity contribution in [2.75, 3.05) is 6.54 Å². The highest BCUT2D eigenvalue weighted by molar-refractivity contribution is 5.69. The van der Waals surface area contributed by atoms with Crippen LogP contribution >= 0.6 is 0 Å². The van der Waals surface area contributed by atoms with Crippen LogP contribution in [0, 0.1) is 11.3 Å². The molecule has 84 valence electrons. The molecule has 0 saturated carbocycles. The monoisotopic (exact) mass is 214 g/mol. The minimum Gasteiger partial charge on any atom is -0.444 e. The van der Waals surface area contributed by atoms with Crippen LogP contribution in [0.1, 0.15) is 27.2 Å². The Morgan fingerprint density at radius 3 is 2.67 bits per heavy atom. The molecule has 1 rings (SSSR count). The summed E-state index contributed by atoms with van der Waals surface area (Å²) in [4.78, 5) is 12.7. The maximum atomic E-state index is 13.0. The predicted molar refractivity (Wildman–Crippen MR) is 51.9 cm³/mol. The molecule has 0 radical (unpaired) electrons. The lowest BCUT2D eigenvalue weighted by atomic mass is 10.2. The van der Waals surface area contributed by atoms with Gasteiger partial charge >= 0.3 is 6.09 Å². The third kappa shape index (κ3) is 3.08. The average molecular weight is 214 g/mol. The number of likely N-dealkylation sites (tertiary alicyclic amines) is 1. The highest BCUT2D eigenvalue weighted by Gasteiger charge is 2.37. The predicted octanol–water partition coefficient (Wildman–Crippen LogP) is 1.86. The molecule has 1 saturated heterocycles. The second-order valence-corrected chi connectivity index (χ2v) is 4.61. The number of ether oxygens (including phenoxy) is 1. The zero-order valence-corrected chi connectivity index (χ0v) is 9.16. The lowest BCUT2D eigenvalue weighted by Gasteiger charge is -2.25. The van der Waals surface area contributed by atoms with E-state index in [2.05, 4.69) is 0 Å². The summed E-state index contributed by atoms with van der Waals surface area (Å²) >= 11 is 0. The van der Waals surface area contributed by atoms with E-state index in [1.165, 1.54) is 0 Å². The van der Waals surface area contributed by atoms with Gasteiger partial charge in [0.15, 0.2) is 0 Å². The molecule has 1 fully saturated rings. The van der Waals surface area contributed by atoms with Gasteiger partial charge in [0.05, 0.1) is 12.6 Å². The summed E-state index contributed by atoms with van der Waals surface area (Å²) in [6.07, 6.45) is -1.66. The lowest BCUT2D eigenvalue weighted by Crippen LogP contribution is -2.39. The number of halogens is 1. The maximum absolute atomic E-state index is 13.0. The molecule has 0 N–H and O–H groups in total. The maximum Gasteiger partial charge on any atom is 0.411 e. The van der Waals surface area contributed by atoms with E-state index in [0.717, 1.165) is 4.90 Å². The van der Waals surface area contributed by atoms with Gasteiger partial charge in [-0.15, -0.1) is 0 Å². The lowest BCUT2D eigenvalue weighted by molar-refractivity contribution is 0.0250. The molecule has 0 aromatic carbocycles. The molecule has 1 amide bonds. The van der Waals surface area contributed by atoms with Gasteiger partial charge in [-0.1, -0.05) is 0 Å². The summed E-state index contributed by atoms with van der Waals surface area (Å²) in [5.74, 6) is 0. The van der Waals surface area contributed by atoms with Crippen molar-refractivity contribution in [2.45, 2.75) is 45.0 Å². The van der Waals surface area contributed by atoms with Crippen LogP contribution in [-0.4, -0.2) is 35.4 Å². The first-order chi connectivity index (χ1) is 6.83. The van der Waals surface area contributed by atoms with E-state index in [-0.39, 0.29) is 13.0 Å². The number of carbonyl (C=O) groups excluding carboxylic acids is 1. The van der Waals surface area contributed by atoms with Gasteiger partial charge in [-0.3, -0.25) is 4.90 Å². The fourth-order valence-electron chi connectivity index (χ4n) is 1.43. The van der Waals surface area contributed by atoms with E-state index >= 15 is 0 Å². The Kier molecular flexibility index (Phi) is 3.18. The number of nitriles is 1. The van der Waals surface area contributed by atoms with Gasteiger partial charge in [-0.2, -0.15) is 5.26 Å². The van der Waals surface area contributed by atoms with Crippen LogP contribution in [0.3, 0.4) is 0 Å². The molecule has 1 aliphatic rings. The Balaban J connectivity index is 2.64. The van der Waals surface area contributed by atoms with Crippen LogP contribution < -0.4 is 0 Å². The van der Waals surface area contributed by atoms with E-state index < -0.39 is 23.9 Å². The van der Waals surface area contributed by atoms with Crippen molar-refractivity contribution in [3.63, 3.8) is 0 Å². The molecule has 0 aromatic rings. The van der Waals surface area contributed by atoms with Crippen molar-refractivity contribution in [1.29, 1.82) is 5.26 Å². The van der Waals surface area contributed by atoms with Gasteiger partial charge in [0.1, 0.15) is 17.8 Å². The Hall–Kier alpha value is -1.31.